The first-order chi connectivity index (χ1) is 13.9. The molecule has 0 saturated carbocycles. The molecule has 0 spiro atoms. The third-order valence-corrected chi connectivity index (χ3v) is 4.32. The van der Waals surface area contributed by atoms with Gasteiger partial charge in [0.1, 0.15) is 0 Å². The second-order valence-electron chi connectivity index (χ2n) is 6.81. The van der Waals surface area contributed by atoms with Crippen molar-refractivity contribution in [2.24, 2.45) is 9.98 Å². The Hall–Kier alpha value is -2.30. The Kier molecular flexibility index (Phi) is 12.4. The molecule has 0 atom stereocenters. The van der Waals surface area contributed by atoms with Crippen LogP contribution >= 0.6 is 0 Å². The summed E-state index contributed by atoms with van der Waals surface area (Å²) in [5, 5.41) is 7.00. The van der Waals surface area contributed by atoms with Gasteiger partial charge in [0, 0.05) is 25.5 Å². The maximum Gasteiger partial charge on any atom is 0.0401 e. The highest BCUT2D eigenvalue weighted by Gasteiger charge is 1.91. The lowest BCUT2D eigenvalue weighted by molar-refractivity contribution is 0.571. The molecule has 0 fully saturated rings. The van der Waals surface area contributed by atoms with Crippen molar-refractivity contribution in [2.75, 3.05) is 39.3 Å². The van der Waals surface area contributed by atoms with Crippen LogP contribution in [0.1, 0.15) is 36.8 Å². The standard InChI is InChI=1S/C24H34N4/c1-3-11-23(12-4-1)21-27-19-9-17-25-15-7-8-16-26-18-10-20-28-22-24-13-5-2-6-14-24/h1-6,11-14,21-22,25-26H,7-10,15-20H2. The van der Waals surface area contributed by atoms with E-state index in [0.29, 0.717) is 0 Å². The molecule has 0 aromatic heterocycles. The smallest absolute Gasteiger partial charge is 0.0401 e. The number of nitrogens with zero attached hydrogens (tertiary/aromatic N) is 2. The molecule has 2 rings (SSSR count). The fourth-order valence-electron chi connectivity index (χ4n) is 2.76. The zero-order valence-electron chi connectivity index (χ0n) is 16.9. The summed E-state index contributed by atoms with van der Waals surface area (Å²) >= 11 is 0. The molecule has 2 N–H and O–H groups in total. The van der Waals surface area contributed by atoms with E-state index in [1.54, 1.807) is 0 Å². The Labute approximate surface area is 170 Å². The van der Waals surface area contributed by atoms with Gasteiger partial charge in [0.2, 0.25) is 0 Å². The van der Waals surface area contributed by atoms with Crippen LogP contribution in [0, 0.1) is 0 Å². The summed E-state index contributed by atoms with van der Waals surface area (Å²) in [5.41, 5.74) is 2.34. The number of rotatable bonds is 15. The third-order valence-electron chi connectivity index (χ3n) is 4.32. The molecule has 4 nitrogen and oxygen atoms in total. The van der Waals surface area contributed by atoms with Crippen LogP contribution in [0.15, 0.2) is 70.6 Å². The van der Waals surface area contributed by atoms with E-state index in [2.05, 4.69) is 44.9 Å². The number of benzene rings is 2. The Morgan fingerprint density at radius 3 is 1.36 bits per heavy atom. The average molecular weight is 379 g/mol. The topological polar surface area (TPSA) is 48.8 Å². The van der Waals surface area contributed by atoms with Gasteiger partial charge in [0.05, 0.1) is 0 Å². The molecule has 2 aromatic carbocycles. The third kappa shape index (κ3) is 11.4. The summed E-state index contributed by atoms with van der Waals surface area (Å²) in [5.74, 6) is 0. The highest BCUT2D eigenvalue weighted by molar-refractivity contribution is 5.79. The van der Waals surface area contributed by atoms with Crippen molar-refractivity contribution in [3.8, 4) is 0 Å². The highest BCUT2D eigenvalue weighted by Crippen LogP contribution is 1.95. The van der Waals surface area contributed by atoms with Gasteiger partial charge in [-0.25, -0.2) is 0 Å². The lowest BCUT2D eigenvalue weighted by Crippen LogP contribution is -2.21. The summed E-state index contributed by atoms with van der Waals surface area (Å²) in [6, 6.07) is 20.5. The van der Waals surface area contributed by atoms with Crippen LogP contribution in [0.5, 0.6) is 0 Å². The van der Waals surface area contributed by atoms with Crippen molar-refractivity contribution < 1.29 is 0 Å². The molecule has 4 heteroatoms. The maximum atomic E-state index is 4.46. The fraction of sp³-hybridized carbons (Fsp3) is 0.417. The van der Waals surface area contributed by atoms with Crippen LogP contribution in [0.2, 0.25) is 0 Å². The van der Waals surface area contributed by atoms with E-state index in [0.717, 1.165) is 52.1 Å². The zero-order chi connectivity index (χ0) is 19.5. The van der Waals surface area contributed by atoms with E-state index < -0.39 is 0 Å². The minimum atomic E-state index is 0.885. The quantitative estimate of drug-likeness (QED) is 0.364. The molecule has 0 aliphatic heterocycles. The molecule has 0 bridgehead atoms. The van der Waals surface area contributed by atoms with Gasteiger partial charge in [-0.1, -0.05) is 60.7 Å². The van der Waals surface area contributed by atoms with Gasteiger partial charge in [-0.2, -0.15) is 0 Å². The number of hydrogen-bond donors (Lipinski definition) is 2. The van der Waals surface area contributed by atoms with E-state index >= 15 is 0 Å². The monoisotopic (exact) mass is 378 g/mol. The van der Waals surface area contributed by atoms with Crippen LogP contribution in [0.3, 0.4) is 0 Å². The minimum Gasteiger partial charge on any atom is -0.317 e. The predicted octanol–water partition coefficient (Wildman–Crippen LogP) is 3.96. The molecule has 0 saturated heterocycles. The lowest BCUT2D eigenvalue weighted by atomic mass is 10.2. The highest BCUT2D eigenvalue weighted by atomic mass is 14.9. The molecule has 0 amide bonds. The molecule has 0 aliphatic rings. The summed E-state index contributed by atoms with van der Waals surface area (Å²) in [6.07, 6.45) is 8.52. The summed E-state index contributed by atoms with van der Waals surface area (Å²) in [4.78, 5) is 8.93. The first-order valence-electron chi connectivity index (χ1n) is 10.5. The average Bonchev–Trinajstić information content (AvgIpc) is 2.75. The Morgan fingerprint density at radius 2 is 0.929 bits per heavy atom. The van der Waals surface area contributed by atoms with Crippen molar-refractivity contribution in [1.29, 1.82) is 0 Å². The Bertz CT molecular complexity index is 593. The first-order valence-corrected chi connectivity index (χ1v) is 10.5. The molecule has 2 aromatic rings. The summed E-state index contributed by atoms with van der Waals surface area (Å²) in [6.45, 7) is 6.03. The Morgan fingerprint density at radius 1 is 0.536 bits per heavy atom. The van der Waals surface area contributed by atoms with Gasteiger partial charge in [0.25, 0.3) is 0 Å². The largest absolute Gasteiger partial charge is 0.317 e. The van der Waals surface area contributed by atoms with Gasteiger partial charge in [-0.05, 0) is 63.0 Å². The van der Waals surface area contributed by atoms with E-state index in [4.69, 9.17) is 0 Å². The van der Waals surface area contributed by atoms with Crippen LogP contribution < -0.4 is 10.6 Å². The number of unbranched alkanes of at least 4 members (excludes halogenated alkanes) is 1. The van der Waals surface area contributed by atoms with Gasteiger partial charge < -0.3 is 10.6 Å². The van der Waals surface area contributed by atoms with Crippen molar-refractivity contribution in [3.05, 3.63) is 71.8 Å². The van der Waals surface area contributed by atoms with Crippen molar-refractivity contribution in [2.45, 2.75) is 25.7 Å². The van der Waals surface area contributed by atoms with Crippen molar-refractivity contribution in [3.63, 3.8) is 0 Å². The van der Waals surface area contributed by atoms with Crippen LogP contribution in [-0.4, -0.2) is 51.7 Å². The fourth-order valence-corrected chi connectivity index (χ4v) is 2.76. The second kappa shape index (κ2) is 15.7. The van der Waals surface area contributed by atoms with Crippen LogP contribution in [0.4, 0.5) is 0 Å². The van der Waals surface area contributed by atoms with Crippen LogP contribution in [0.25, 0.3) is 0 Å². The van der Waals surface area contributed by atoms with Crippen LogP contribution in [-0.2, 0) is 0 Å². The number of hydrogen-bond acceptors (Lipinski definition) is 4. The number of nitrogens with one attached hydrogen (secondary N) is 2. The van der Waals surface area contributed by atoms with Gasteiger partial charge in [-0.15, -0.1) is 0 Å². The lowest BCUT2D eigenvalue weighted by Gasteiger charge is -2.05. The van der Waals surface area contributed by atoms with E-state index in [1.165, 1.54) is 24.0 Å². The van der Waals surface area contributed by atoms with E-state index in [1.807, 2.05) is 48.8 Å². The molecule has 28 heavy (non-hydrogen) atoms. The molecular formula is C24H34N4. The van der Waals surface area contributed by atoms with Gasteiger partial charge in [-0.3, -0.25) is 9.98 Å². The van der Waals surface area contributed by atoms with Crippen molar-refractivity contribution in [1.82, 2.24) is 10.6 Å². The maximum absolute atomic E-state index is 4.46. The van der Waals surface area contributed by atoms with E-state index in [-0.39, 0.29) is 0 Å². The molecule has 0 aliphatic carbocycles. The van der Waals surface area contributed by atoms with Gasteiger partial charge >= 0.3 is 0 Å². The Balaban J connectivity index is 1.31. The normalized spacial score (nSPS) is 11.6. The minimum absolute atomic E-state index is 0.885. The zero-order valence-corrected chi connectivity index (χ0v) is 16.9. The predicted molar refractivity (Wildman–Crippen MR) is 122 cm³/mol. The summed E-state index contributed by atoms with van der Waals surface area (Å²) < 4.78 is 0. The van der Waals surface area contributed by atoms with Gasteiger partial charge in [0.15, 0.2) is 0 Å². The first kappa shape index (κ1) is 22.0. The molecule has 0 radical (unpaired) electrons. The molecule has 150 valence electrons. The number of aliphatic imine (C=N–C) groups is 2. The molecule has 0 unspecified atom stereocenters. The second-order valence-corrected chi connectivity index (χ2v) is 6.81. The summed E-state index contributed by atoms with van der Waals surface area (Å²) in [7, 11) is 0. The van der Waals surface area contributed by atoms with E-state index in [9.17, 15) is 0 Å². The SMILES string of the molecule is C(=NCCCNCCCCNCCCN=Cc1ccccc1)c1ccccc1. The van der Waals surface area contributed by atoms with Crippen molar-refractivity contribution >= 4 is 12.4 Å². The molecule has 0 heterocycles. The molecular weight excluding hydrogens is 344 g/mol.